The second kappa shape index (κ2) is 7.26. The number of ketones is 2. The average molecular weight is 407 g/mol. The molecule has 6 heteroatoms. The van der Waals surface area contributed by atoms with E-state index in [9.17, 15) is 19.8 Å². The number of fused-ring (bicyclic) bond motifs is 5. The number of ether oxygens (including phenoxy) is 2. The highest BCUT2D eigenvalue weighted by Crippen LogP contribution is 2.68. The van der Waals surface area contributed by atoms with E-state index in [2.05, 4.69) is 13.8 Å². The van der Waals surface area contributed by atoms with Crippen LogP contribution in [-0.4, -0.2) is 54.0 Å². The molecular weight excluding hydrogens is 372 g/mol. The van der Waals surface area contributed by atoms with Crippen molar-refractivity contribution in [2.45, 2.75) is 70.5 Å². The topological polar surface area (TPSA) is 93.1 Å². The molecule has 4 aliphatic rings. The van der Waals surface area contributed by atoms with Gasteiger partial charge in [-0.05, 0) is 67.8 Å². The Labute approximate surface area is 172 Å². The monoisotopic (exact) mass is 406 g/mol. The van der Waals surface area contributed by atoms with Gasteiger partial charge in [0, 0.05) is 18.9 Å². The third-order valence-electron chi connectivity index (χ3n) is 9.03. The molecule has 0 bridgehead atoms. The van der Waals surface area contributed by atoms with Gasteiger partial charge in [0.2, 0.25) is 0 Å². The summed E-state index contributed by atoms with van der Waals surface area (Å²) in [6.45, 7) is 3.70. The molecule has 7 atom stereocenters. The van der Waals surface area contributed by atoms with Gasteiger partial charge in [-0.15, -0.1) is 0 Å². The third kappa shape index (κ3) is 2.83. The lowest BCUT2D eigenvalue weighted by Crippen LogP contribution is -2.63. The van der Waals surface area contributed by atoms with Gasteiger partial charge in [0.15, 0.2) is 11.6 Å². The van der Waals surface area contributed by atoms with Gasteiger partial charge in [-0.3, -0.25) is 9.59 Å². The van der Waals surface area contributed by atoms with Crippen LogP contribution in [0.5, 0.6) is 0 Å². The quantitative estimate of drug-likeness (QED) is 0.681. The largest absolute Gasteiger partial charge is 0.393 e. The number of aliphatic hydroxyl groups excluding tert-OH is 2. The fraction of sp³-hybridized carbons (Fsp3) is 0.826. The van der Waals surface area contributed by atoms with Gasteiger partial charge in [0.05, 0.1) is 6.10 Å². The van der Waals surface area contributed by atoms with E-state index >= 15 is 0 Å². The Morgan fingerprint density at radius 2 is 2.00 bits per heavy atom. The second-order valence-corrected chi connectivity index (χ2v) is 10.1. The fourth-order valence-electron chi connectivity index (χ4n) is 7.74. The highest BCUT2D eigenvalue weighted by Gasteiger charge is 2.69. The smallest absolute Gasteiger partial charge is 0.190 e. The van der Waals surface area contributed by atoms with E-state index in [1.807, 2.05) is 6.08 Å². The van der Waals surface area contributed by atoms with Crippen LogP contribution in [-0.2, 0) is 19.1 Å². The van der Waals surface area contributed by atoms with Crippen LogP contribution in [0.25, 0.3) is 0 Å². The summed E-state index contributed by atoms with van der Waals surface area (Å²) in [6, 6.07) is 0. The Bertz CT molecular complexity index is 731. The molecule has 4 rings (SSSR count). The van der Waals surface area contributed by atoms with Crippen LogP contribution in [0.1, 0.15) is 58.8 Å². The Balaban J connectivity index is 1.73. The summed E-state index contributed by atoms with van der Waals surface area (Å²) in [5.41, 5.74) is -0.622. The maximum Gasteiger partial charge on any atom is 0.190 e. The van der Waals surface area contributed by atoms with Gasteiger partial charge < -0.3 is 19.7 Å². The first kappa shape index (κ1) is 21.2. The van der Waals surface area contributed by atoms with E-state index in [4.69, 9.17) is 9.47 Å². The molecule has 3 saturated carbocycles. The summed E-state index contributed by atoms with van der Waals surface area (Å²) in [7, 11) is 1.53. The van der Waals surface area contributed by atoms with E-state index in [0.29, 0.717) is 19.3 Å². The second-order valence-electron chi connectivity index (χ2n) is 10.1. The van der Waals surface area contributed by atoms with Gasteiger partial charge >= 0.3 is 0 Å². The van der Waals surface area contributed by atoms with Crippen LogP contribution in [0.2, 0.25) is 0 Å². The van der Waals surface area contributed by atoms with Gasteiger partial charge in [-0.1, -0.05) is 19.4 Å². The average Bonchev–Trinajstić information content (AvgIpc) is 2.98. The number of allylic oxidation sites excluding steroid dienone is 1. The summed E-state index contributed by atoms with van der Waals surface area (Å²) >= 11 is 0. The van der Waals surface area contributed by atoms with E-state index in [1.165, 1.54) is 12.7 Å². The fourth-order valence-corrected chi connectivity index (χ4v) is 7.74. The van der Waals surface area contributed by atoms with E-state index < -0.39 is 23.7 Å². The van der Waals surface area contributed by atoms with Crippen molar-refractivity contribution >= 4 is 11.6 Å². The molecule has 0 amide bonds. The van der Waals surface area contributed by atoms with E-state index in [0.717, 1.165) is 25.7 Å². The predicted molar refractivity (Wildman–Crippen MR) is 106 cm³/mol. The number of aliphatic hydroxyl groups is 2. The van der Waals surface area contributed by atoms with Crippen LogP contribution < -0.4 is 0 Å². The zero-order chi connectivity index (χ0) is 21.0. The molecule has 0 unspecified atom stereocenters. The van der Waals surface area contributed by atoms with E-state index in [1.54, 1.807) is 0 Å². The molecule has 6 nitrogen and oxygen atoms in total. The molecule has 0 spiro atoms. The molecule has 0 saturated heterocycles. The molecule has 29 heavy (non-hydrogen) atoms. The Morgan fingerprint density at radius 3 is 2.69 bits per heavy atom. The summed E-state index contributed by atoms with van der Waals surface area (Å²) in [5, 5.41) is 21.1. The molecule has 0 aromatic carbocycles. The maximum atomic E-state index is 12.9. The normalized spacial score (nSPS) is 46.5. The first-order chi connectivity index (χ1) is 13.7. The molecule has 0 radical (unpaired) electrons. The number of methoxy groups -OCH3 is 1. The van der Waals surface area contributed by atoms with Crippen LogP contribution in [0.3, 0.4) is 0 Å². The van der Waals surface area contributed by atoms with Gasteiger partial charge in [0.1, 0.15) is 19.0 Å². The molecular formula is C23H34O6. The van der Waals surface area contributed by atoms with Crippen molar-refractivity contribution in [2.75, 3.05) is 20.5 Å². The highest BCUT2D eigenvalue weighted by atomic mass is 16.7. The third-order valence-corrected chi connectivity index (χ3v) is 9.03. The molecule has 0 aromatic heterocycles. The maximum absolute atomic E-state index is 12.9. The number of Topliss-reactive ketones (excluding diaryl/α,β-unsaturated/α-hetero) is 1. The summed E-state index contributed by atoms with van der Waals surface area (Å²) in [4.78, 5) is 24.9. The molecule has 4 aliphatic carbocycles. The van der Waals surface area contributed by atoms with E-state index in [-0.39, 0.29) is 41.5 Å². The van der Waals surface area contributed by atoms with Crippen molar-refractivity contribution < 1.29 is 29.3 Å². The van der Waals surface area contributed by atoms with Crippen LogP contribution in [0.4, 0.5) is 0 Å². The molecule has 0 aliphatic heterocycles. The molecule has 162 valence electrons. The number of rotatable bonds is 5. The molecule has 0 aromatic rings. The van der Waals surface area contributed by atoms with Gasteiger partial charge in [-0.2, -0.15) is 0 Å². The highest BCUT2D eigenvalue weighted by molar-refractivity contribution is 5.92. The van der Waals surface area contributed by atoms with Crippen molar-refractivity contribution in [3.63, 3.8) is 0 Å². The Hall–Kier alpha value is -1.08. The van der Waals surface area contributed by atoms with Crippen LogP contribution >= 0.6 is 0 Å². The minimum atomic E-state index is -1.12. The lowest BCUT2D eigenvalue weighted by Gasteiger charge is -2.61. The van der Waals surface area contributed by atoms with Crippen molar-refractivity contribution in [1.29, 1.82) is 0 Å². The van der Waals surface area contributed by atoms with Gasteiger partial charge in [0.25, 0.3) is 0 Å². The van der Waals surface area contributed by atoms with Crippen molar-refractivity contribution in [3.8, 4) is 0 Å². The molecule has 3 fully saturated rings. The number of carbonyl (C=O) groups excluding carboxylic acids is 2. The lowest BCUT2D eigenvalue weighted by atomic mass is 9.45. The molecule has 0 heterocycles. The number of hydrogen-bond donors (Lipinski definition) is 2. The van der Waals surface area contributed by atoms with Crippen molar-refractivity contribution in [2.24, 2.45) is 28.6 Å². The number of hydrogen-bond acceptors (Lipinski definition) is 6. The zero-order valence-electron chi connectivity index (χ0n) is 17.8. The number of carbonyl (C=O) groups is 2. The van der Waals surface area contributed by atoms with Gasteiger partial charge in [-0.25, -0.2) is 0 Å². The predicted octanol–water partition coefficient (Wildman–Crippen LogP) is 2.41. The Kier molecular flexibility index (Phi) is 5.30. The summed E-state index contributed by atoms with van der Waals surface area (Å²) in [5.74, 6) is 0.498. The Morgan fingerprint density at radius 1 is 1.24 bits per heavy atom. The summed E-state index contributed by atoms with van der Waals surface area (Å²) < 4.78 is 11.2. The van der Waals surface area contributed by atoms with Crippen LogP contribution in [0.15, 0.2) is 11.6 Å². The minimum Gasteiger partial charge on any atom is -0.393 e. The zero-order valence-corrected chi connectivity index (χ0v) is 17.8. The van der Waals surface area contributed by atoms with Crippen LogP contribution in [0, 0.1) is 28.6 Å². The first-order valence-electron chi connectivity index (χ1n) is 10.9. The lowest BCUT2D eigenvalue weighted by molar-refractivity contribution is -0.216. The first-order valence-corrected chi connectivity index (χ1v) is 10.9. The minimum absolute atomic E-state index is 0.00897. The summed E-state index contributed by atoms with van der Waals surface area (Å²) in [6.07, 6.45) is 6.24. The standard InChI is InChI=1S/C23H34O6/c1-21-8-6-15(25)10-14(21)4-5-16-17-7-9-23(19(27)12-24,29-13-28-3)22(17,2)11-18(26)20(16)21/h10,16-18,20,24,26H,4-9,11-13H2,1-3H3/t16-,17-,18-,20+,21-,22-,23-/m0/s1. The van der Waals surface area contributed by atoms with Crippen molar-refractivity contribution in [3.05, 3.63) is 11.6 Å². The SMILES string of the molecule is COCO[C@]1(C(=O)CO)CC[C@H]2[C@@H]3CCC4=CC(=O)CC[C@]4(C)[C@H]3[C@@H](O)C[C@@]21C. The van der Waals surface area contributed by atoms with Crippen molar-refractivity contribution in [1.82, 2.24) is 0 Å². The molecule has 2 N–H and O–H groups in total.